The van der Waals surface area contributed by atoms with E-state index in [9.17, 15) is 4.79 Å². The summed E-state index contributed by atoms with van der Waals surface area (Å²) in [7, 11) is 0. The second-order valence-corrected chi connectivity index (χ2v) is 7.60. The van der Waals surface area contributed by atoms with Gasteiger partial charge in [-0.25, -0.2) is 0 Å². The van der Waals surface area contributed by atoms with Gasteiger partial charge in [0.05, 0.1) is 12.2 Å². The van der Waals surface area contributed by atoms with E-state index in [0.29, 0.717) is 18.8 Å². The van der Waals surface area contributed by atoms with Crippen molar-refractivity contribution < 1.29 is 14.3 Å². The summed E-state index contributed by atoms with van der Waals surface area (Å²) in [5.41, 5.74) is 2.49. The van der Waals surface area contributed by atoms with E-state index in [2.05, 4.69) is 15.4 Å². The number of hydrogen-bond donors (Lipinski definition) is 1. The molecule has 3 aromatic rings. The van der Waals surface area contributed by atoms with Crippen LogP contribution in [0, 0.1) is 0 Å². The third-order valence-corrected chi connectivity index (χ3v) is 4.64. The number of rotatable bonds is 7. The molecule has 0 spiro atoms. The molecule has 1 aliphatic heterocycles. The molecule has 2 aromatic heterocycles. The molecule has 7 nitrogen and oxygen atoms in total. The van der Waals surface area contributed by atoms with Gasteiger partial charge >= 0.3 is 0 Å². The lowest BCUT2D eigenvalue weighted by molar-refractivity contribution is -0.123. The first kappa shape index (κ1) is 19.0. The van der Waals surface area contributed by atoms with Crippen LogP contribution < -0.4 is 14.8 Å². The van der Waals surface area contributed by atoms with Gasteiger partial charge < -0.3 is 14.8 Å². The molecule has 4 rings (SSSR count). The average molecular weight is 392 g/mol. The van der Waals surface area contributed by atoms with Gasteiger partial charge in [-0.1, -0.05) is 18.2 Å². The summed E-state index contributed by atoms with van der Waals surface area (Å²) < 4.78 is 13.4. The molecule has 1 N–H and O–H groups in total. The number of hydrogen-bond acceptors (Lipinski definition) is 5. The predicted octanol–water partition coefficient (Wildman–Crippen LogP) is 2.85. The summed E-state index contributed by atoms with van der Waals surface area (Å²) in [5, 5.41) is 7.33. The molecule has 150 valence electrons. The monoisotopic (exact) mass is 392 g/mol. The number of fused-ring (bicyclic) bond motifs is 1. The number of benzene rings is 1. The summed E-state index contributed by atoms with van der Waals surface area (Å²) in [4.78, 5) is 16.4. The Bertz CT molecular complexity index is 998. The summed E-state index contributed by atoms with van der Waals surface area (Å²) in [5.74, 6) is 1.16. The number of amides is 1. The standard InChI is InChI=1S/C22H24N4O3/c1-22(2)14-16-6-5-8-19(21(16)29-22)28-15-20(27)24-11-13-26-12-9-18(25-26)17-7-3-4-10-23-17/h3-10,12H,11,13-15H2,1-2H3,(H,24,27). The topological polar surface area (TPSA) is 78.3 Å². The molecule has 3 heterocycles. The van der Waals surface area contributed by atoms with Crippen LogP contribution in [-0.4, -0.2) is 39.4 Å². The molecule has 1 amide bonds. The molecule has 1 aromatic carbocycles. The highest BCUT2D eigenvalue weighted by Crippen LogP contribution is 2.41. The van der Waals surface area contributed by atoms with Crippen LogP contribution in [0.15, 0.2) is 54.9 Å². The minimum absolute atomic E-state index is 0.0570. The average Bonchev–Trinajstić information content (AvgIpc) is 3.30. The highest BCUT2D eigenvalue weighted by atomic mass is 16.5. The van der Waals surface area contributed by atoms with E-state index in [1.165, 1.54) is 0 Å². The molecule has 0 saturated heterocycles. The highest BCUT2D eigenvalue weighted by Gasteiger charge is 2.32. The molecule has 1 aliphatic rings. The van der Waals surface area contributed by atoms with Crippen molar-refractivity contribution in [2.45, 2.75) is 32.4 Å². The maximum atomic E-state index is 12.1. The van der Waals surface area contributed by atoms with Gasteiger partial charge in [0.1, 0.15) is 11.3 Å². The van der Waals surface area contributed by atoms with Gasteiger partial charge in [0.15, 0.2) is 18.1 Å². The molecule has 0 atom stereocenters. The summed E-state index contributed by atoms with van der Waals surface area (Å²) in [6.07, 6.45) is 4.44. The van der Waals surface area contributed by atoms with Crippen molar-refractivity contribution in [2.24, 2.45) is 0 Å². The number of para-hydroxylation sites is 1. The fourth-order valence-electron chi connectivity index (χ4n) is 3.34. The second kappa shape index (κ2) is 7.95. The van der Waals surface area contributed by atoms with Crippen LogP contribution in [0.2, 0.25) is 0 Å². The number of carbonyl (C=O) groups is 1. The quantitative estimate of drug-likeness (QED) is 0.669. The maximum Gasteiger partial charge on any atom is 0.258 e. The smallest absolute Gasteiger partial charge is 0.258 e. The lowest BCUT2D eigenvalue weighted by Crippen LogP contribution is -2.31. The number of pyridine rings is 1. The minimum Gasteiger partial charge on any atom is -0.483 e. The van der Waals surface area contributed by atoms with Gasteiger partial charge in [-0.15, -0.1) is 0 Å². The number of aromatic nitrogens is 3. The van der Waals surface area contributed by atoms with Crippen LogP contribution in [0.3, 0.4) is 0 Å². The molecule has 0 radical (unpaired) electrons. The Morgan fingerprint density at radius 2 is 2.10 bits per heavy atom. The SMILES string of the molecule is CC1(C)Cc2cccc(OCC(=O)NCCn3ccc(-c4ccccn4)n3)c2O1. The lowest BCUT2D eigenvalue weighted by Gasteiger charge is -2.18. The zero-order valence-corrected chi connectivity index (χ0v) is 16.6. The van der Waals surface area contributed by atoms with Gasteiger partial charge in [0, 0.05) is 30.9 Å². The van der Waals surface area contributed by atoms with Crippen molar-refractivity contribution in [3.05, 3.63) is 60.4 Å². The first-order chi connectivity index (χ1) is 14.0. The summed E-state index contributed by atoms with van der Waals surface area (Å²) >= 11 is 0. The van der Waals surface area contributed by atoms with Crippen molar-refractivity contribution in [1.82, 2.24) is 20.1 Å². The second-order valence-electron chi connectivity index (χ2n) is 7.60. The molecule has 0 bridgehead atoms. The van der Waals surface area contributed by atoms with Crippen LogP contribution in [0.4, 0.5) is 0 Å². The molecular formula is C22H24N4O3. The number of ether oxygens (including phenoxy) is 2. The Labute approximate surface area is 169 Å². The first-order valence-electron chi connectivity index (χ1n) is 9.65. The molecule has 7 heteroatoms. The van der Waals surface area contributed by atoms with Gasteiger partial charge in [-0.3, -0.25) is 14.5 Å². The Balaban J connectivity index is 1.25. The molecule has 29 heavy (non-hydrogen) atoms. The molecule has 0 saturated carbocycles. The van der Waals surface area contributed by atoms with Crippen molar-refractivity contribution in [3.63, 3.8) is 0 Å². The molecule has 0 unspecified atom stereocenters. The predicted molar refractivity (Wildman–Crippen MR) is 109 cm³/mol. The summed E-state index contributed by atoms with van der Waals surface area (Å²) in [6, 6.07) is 13.4. The van der Waals surface area contributed by atoms with Crippen molar-refractivity contribution in [2.75, 3.05) is 13.2 Å². The number of carbonyl (C=O) groups excluding carboxylic acids is 1. The fourth-order valence-corrected chi connectivity index (χ4v) is 3.34. The highest BCUT2D eigenvalue weighted by molar-refractivity contribution is 5.77. The van der Waals surface area contributed by atoms with Gasteiger partial charge in [0.2, 0.25) is 0 Å². The number of nitrogens with one attached hydrogen (secondary N) is 1. The third-order valence-electron chi connectivity index (χ3n) is 4.64. The molecular weight excluding hydrogens is 368 g/mol. The Morgan fingerprint density at radius 1 is 1.21 bits per heavy atom. The van der Waals surface area contributed by atoms with E-state index >= 15 is 0 Å². The van der Waals surface area contributed by atoms with E-state index in [1.807, 2.05) is 62.5 Å². The van der Waals surface area contributed by atoms with E-state index in [-0.39, 0.29) is 18.1 Å². The van der Waals surface area contributed by atoms with Crippen LogP contribution >= 0.6 is 0 Å². The Morgan fingerprint density at radius 3 is 2.93 bits per heavy atom. The van der Waals surface area contributed by atoms with Gasteiger partial charge in [-0.2, -0.15) is 5.10 Å². The van der Waals surface area contributed by atoms with Crippen molar-refractivity contribution >= 4 is 5.91 Å². The van der Waals surface area contributed by atoms with E-state index in [4.69, 9.17) is 9.47 Å². The largest absolute Gasteiger partial charge is 0.483 e. The third kappa shape index (κ3) is 4.56. The van der Waals surface area contributed by atoms with Gasteiger partial charge in [0.25, 0.3) is 5.91 Å². The fraction of sp³-hybridized carbons (Fsp3) is 0.318. The van der Waals surface area contributed by atoms with Crippen LogP contribution in [0.25, 0.3) is 11.4 Å². The normalized spacial score (nSPS) is 14.1. The van der Waals surface area contributed by atoms with Crippen LogP contribution in [0.5, 0.6) is 11.5 Å². The molecule has 0 aliphatic carbocycles. The van der Waals surface area contributed by atoms with E-state index in [0.717, 1.165) is 29.1 Å². The Hall–Kier alpha value is -3.35. The summed E-state index contributed by atoms with van der Waals surface area (Å²) in [6.45, 7) is 5.05. The van der Waals surface area contributed by atoms with Crippen LogP contribution in [0.1, 0.15) is 19.4 Å². The lowest BCUT2D eigenvalue weighted by atomic mass is 10.0. The minimum atomic E-state index is -0.248. The van der Waals surface area contributed by atoms with Crippen molar-refractivity contribution in [1.29, 1.82) is 0 Å². The van der Waals surface area contributed by atoms with E-state index in [1.54, 1.807) is 10.9 Å². The van der Waals surface area contributed by atoms with Crippen molar-refractivity contribution in [3.8, 4) is 22.9 Å². The zero-order chi connectivity index (χ0) is 20.3. The van der Waals surface area contributed by atoms with Gasteiger partial charge in [-0.05, 0) is 38.1 Å². The maximum absolute atomic E-state index is 12.1. The van der Waals surface area contributed by atoms with Crippen LogP contribution in [-0.2, 0) is 17.8 Å². The zero-order valence-electron chi connectivity index (χ0n) is 16.6. The first-order valence-corrected chi connectivity index (χ1v) is 9.65. The van der Waals surface area contributed by atoms with E-state index < -0.39 is 0 Å². The Kier molecular flexibility index (Phi) is 5.20. The molecule has 0 fully saturated rings. The number of nitrogens with zero attached hydrogens (tertiary/aromatic N) is 3.